The molecule has 1 amide bonds. The molecule has 1 aliphatic rings. The number of aromatic carboxylic acids is 1. The Balaban J connectivity index is 1.54. The fraction of sp³-hybridized carbons (Fsp3) is 0.0333. The number of nitrogens with zero attached hydrogens (tertiary/aromatic N) is 2. The van der Waals surface area contributed by atoms with Crippen LogP contribution in [0.2, 0.25) is 5.02 Å². The smallest absolute Gasteiger partial charge is 0.335 e. The van der Waals surface area contributed by atoms with E-state index >= 15 is 0 Å². The van der Waals surface area contributed by atoms with Crippen molar-refractivity contribution < 1.29 is 19.4 Å². The molecule has 5 rings (SSSR count). The Morgan fingerprint density at radius 2 is 1.65 bits per heavy atom. The van der Waals surface area contributed by atoms with E-state index in [2.05, 4.69) is 5.10 Å². The lowest BCUT2D eigenvalue weighted by molar-refractivity contribution is -0.114. The van der Waals surface area contributed by atoms with Crippen molar-refractivity contribution in [3.63, 3.8) is 0 Å². The Labute approximate surface area is 218 Å². The summed E-state index contributed by atoms with van der Waals surface area (Å²) in [4.78, 5) is 25.1. The van der Waals surface area contributed by atoms with E-state index in [1.165, 1.54) is 17.1 Å². The SMILES string of the molecule is O=C(O)c1cccc(N2N=C(c3ccccc3)/C(=C/c3ccccc3OCc3ccccc3Cl)C2=O)c1. The minimum atomic E-state index is -1.08. The topological polar surface area (TPSA) is 79.2 Å². The van der Waals surface area contributed by atoms with Crippen molar-refractivity contribution in [2.45, 2.75) is 6.61 Å². The molecule has 4 aromatic carbocycles. The van der Waals surface area contributed by atoms with Crippen LogP contribution in [-0.2, 0) is 11.4 Å². The predicted octanol–water partition coefficient (Wildman–Crippen LogP) is 6.45. The van der Waals surface area contributed by atoms with Gasteiger partial charge in [-0.2, -0.15) is 10.1 Å². The van der Waals surface area contributed by atoms with Gasteiger partial charge in [0.1, 0.15) is 18.1 Å². The van der Waals surface area contributed by atoms with E-state index in [4.69, 9.17) is 16.3 Å². The molecule has 0 spiro atoms. The van der Waals surface area contributed by atoms with Crippen molar-refractivity contribution in [1.29, 1.82) is 0 Å². The molecule has 0 aliphatic carbocycles. The van der Waals surface area contributed by atoms with E-state index in [-0.39, 0.29) is 18.1 Å². The van der Waals surface area contributed by atoms with Gasteiger partial charge in [-0.25, -0.2) is 4.79 Å². The van der Waals surface area contributed by atoms with E-state index < -0.39 is 5.97 Å². The van der Waals surface area contributed by atoms with Crippen molar-refractivity contribution in [2.24, 2.45) is 5.10 Å². The minimum Gasteiger partial charge on any atom is -0.488 e. The molecule has 37 heavy (non-hydrogen) atoms. The van der Waals surface area contributed by atoms with Gasteiger partial charge in [0.25, 0.3) is 5.91 Å². The Kier molecular flexibility index (Phi) is 6.83. The van der Waals surface area contributed by atoms with Gasteiger partial charge in [0.05, 0.1) is 16.8 Å². The van der Waals surface area contributed by atoms with Crippen LogP contribution >= 0.6 is 11.6 Å². The number of carbonyl (C=O) groups excluding carboxylic acids is 1. The molecule has 0 fully saturated rings. The maximum Gasteiger partial charge on any atom is 0.335 e. The molecule has 0 saturated heterocycles. The van der Waals surface area contributed by atoms with Gasteiger partial charge in [0, 0.05) is 21.7 Å². The number of carbonyl (C=O) groups is 2. The fourth-order valence-corrected chi connectivity index (χ4v) is 4.15. The number of hydrogen-bond acceptors (Lipinski definition) is 4. The molecule has 0 aromatic heterocycles. The van der Waals surface area contributed by atoms with E-state index in [9.17, 15) is 14.7 Å². The summed E-state index contributed by atoms with van der Waals surface area (Å²) in [5.74, 6) is -0.870. The number of carboxylic acid groups (broad SMARTS) is 1. The first-order valence-electron chi connectivity index (χ1n) is 11.5. The van der Waals surface area contributed by atoms with Crippen molar-refractivity contribution in [2.75, 3.05) is 5.01 Å². The average molecular weight is 509 g/mol. The Morgan fingerprint density at radius 1 is 0.919 bits per heavy atom. The third kappa shape index (κ3) is 5.15. The first kappa shape index (κ1) is 24.0. The molecule has 0 bridgehead atoms. The number of anilines is 1. The highest BCUT2D eigenvalue weighted by Crippen LogP contribution is 2.31. The number of rotatable bonds is 7. The minimum absolute atomic E-state index is 0.0671. The van der Waals surface area contributed by atoms with Crippen molar-refractivity contribution in [3.8, 4) is 5.75 Å². The van der Waals surface area contributed by atoms with Crippen LogP contribution in [-0.4, -0.2) is 22.7 Å². The highest BCUT2D eigenvalue weighted by Gasteiger charge is 2.32. The Morgan fingerprint density at radius 3 is 2.43 bits per heavy atom. The number of para-hydroxylation sites is 1. The number of ether oxygens (including phenoxy) is 1. The summed E-state index contributed by atoms with van der Waals surface area (Å²) in [6.45, 7) is 0.265. The summed E-state index contributed by atoms with van der Waals surface area (Å²) in [5.41, 5.74) is 3.58. The Bertz CT molecular complexity index is 1550. The van der Waals surface area contributed by atoms with Crippen LogP contribution in [0, 0.1) is 0 Å². The number of benzene rings is 4. The molecule has 6 nitrogen and oxygen atoms in total. The zero-order valence-corrected chi connectivity index (χ0v) is 20.3. The molecule has 4 aromatic rings. The second-order valence-corrected chi connectivity index (χ2v) is 8.67. The maximum atomic E-state index is 13.6. The van der Waals surface area contributed by atoms with Gasteiger partial charge in [-0.1, -0.05) is 84.4 Å². The zero-order valence-electron chi connectivity index (χ0n) is 19.5. The third-order valence-corrected chi connectivity index (χ3v) is 6.19. The highest BCUT2D eigenvalue weighted by atomic mass is 35.5. The van der Waals surface area contributed by atoms with Crippen molar-refractivity contribution >= 4 is 41.0 Å². The lowest BCUT2D eigenvalue weighted by Crippen LogP contribution is -2.21. The molecule has 0 unspecified atom stereocenters. The third-order valence-electron chi connectivity index (χ3n) is 5.82. The van der Waals surface area contributed by atoms with Gasteiger partial charge in [-0.05, 0) is 36.4 Å². The first-order chi connectivity index (χ1) is 18.0. The largest absolute Gasteiger partial charge is 0.488 e. The first-order valence-corrected chi connectivity index (χ1v) is 11.9. The summed E-state index contributed by atoms with van der Waals surface area (Å²) in [6, 6.07) is 30.4. The van der Waals surface area contributed by atoms with Gasteiger partial charge in [0.15, 0.2) is 0 Å². The van der Waals surface area contributed by atoms with Gasteiger partial charge in [-0.3, -0.25) is 4.79 Å². The van der Waals surface area contributed by atoms with Crippen LogP contribution < -0.4 is 9.75 Å². The van der Waals surface area contributed by atoms with E-state index in [0.717, 1.165) is 11.1 Å². The van der Waals surface area contributed by atoms with Gasteiger partial charge in [-0.15, -0.1) is 0 Å². The van der Waals surface area contributed by atoms with Crippen molar-refractivity contribution in [1.82, 2.24) is 0 Å². The van der Waals surface area contributed by atoms with Gasteiger partial charge in [0.2, 0.25) is 0 Å². The molecule has 0 atom stereocenters. The number of carboxylic acids is 1. The quantitative estimate of drug-likeness (QED) is 0.291. The molecule has 0 saturated carbocycles. The van der Waals surface area contributed by atoms with Crippen LogP contribution in [0.3, 0.4) is 0 Å². The number of amides is 1. The molecule has 0 radical (unpaired) electrons. The van der Waals surface area contributed by atoms with E-state index in [1.807, 2.05) is 78.9 Å². The van der Waals surface area contributed by atoms with Crippen LogP contribution in [0.5, 0.6) is 5.75 Å². The molecular formula is C30H21ClN2O4. The average Bonchev–Trinajstić information content (AvgIpc) is 3.25. The summed E-state index contributed by atoms with van der Waals surface area (Å²) >= 11 is 6.28. The fourth-order valence-electron chi connectivity index (χ4n) is 3.96. The van der Waals surface area contributed by atoms with Crippen LogP contribution in [0.15, 0.2) is 114 Å². The van der Waals surface area contributed by atoms with Gasteiger partial charge >= 0.3 is 5.97 Å². The number of hydrazone groups is 1. The van der Waals surface area contributed by atoms with Crippen LogP contribution in [0.1, 0.15) is 27.0 Å². The molecule has 1 N–H and O–H groups in total. The normalized spacial score (nSPS) is 14.1. The second kappa shape index (κ2) is 10.5. The monoisotopic (exact) mass is 508 g/mol. The van der Waals surface area contributed by atoms with E-state index in [0.29, 0.717) is 33.3 Å². The molecule has 7 heteroatoms. The summed E-state index contributed by atoms with van der Waals surface area (Å²) in [7, 11) is 0. The lowest BCUT2D eigenvalue weighted by Gasteiger charge is -2.13. The maximum absolute atomic E-state index is 13.6. The second-order valence-electron chi connectivity index (χ2n) is 8.26. The zero-order chi connectivity index (χ0) is 25.8. The summed E-state index contributed by atoms with van der Waals surface area (Å²) in [6.07, 6.45) is 1.75. The summed E-state index contributed by atoms with van der Waals surface area (Å²) in [5, 5.41) is 15.8. The van der Waals surface area contributed by atoms with Crippen molar-refractivity contribution in [3.05, 3.63) is 136 Å². The molecule has 1 heterocycles. The molecule has 1 aliphatic heterocycles. The molecular weight excluding hydrogens is 488 g/mol. The number of halogens is 1. The van der Waals surface area contributed by atoms with Crippen LogP contribution in [0.4, 0.5) is 5.69 Å². The predicted molar refractivity (Wildman–Crippen MR) is 144 cm³/mol. The standard InChI is InChI=1S/C30H21ClN2O4/c31-26-15-6-4-12-23(26)19-37-27-16-7-5-11-21(27)18-25-28(20-9-2-1-3-10-20)32-33(29(25)34)24-14-8-13-22(17-24)30(35)36/h1-18H,19H2,(H,35,36)/b25-18-. The van der Waals surface area contributed by atoms with Crippen LogP contribution in [0.25, 0.3) is 6.08 Å². The Hall–Kier alpha value is -4.68. The molecule has 182 valence electrons. The number of hydrogen-bond donors (Lipinski definition) is 1. The summed E-state index contributed by atoms with van der Waals surface area (Å²) < 4.78 is 6.09. The van der Waals surface area contributed by atoms with E-state index in [1.54, 1.807) is 18.2 Å². The lowest BCUT2D eigenvalue weighted by atomic mass is 10.00. The van der Waals surface area contributed by atoms with Gasteiger partial charge < -0.3 is 9.84 Å². The highest BCUT2D eigenvalue weighted by molar-refractivity contribution is 6.37.